The number of amides is 2. The third kappa shape index (κ3) is 11.3. The van der Waals surface area contributed by atoms with E-state index in [2.05, 4.69) is 21.2 Å². The van der Waals surface area contributed by atoms with Crippen LogP contribution in [0.15, 0.2) is 60.8 Å². The van der Waals surface area contributed by atoms with E-state index in [1.165, 1.54) is 0 Å². The van der Waals surface area contributed by atoms with E-state index in [0.29, 0.717) is 34.9 Å². The van der Waals surface area contributed by atoms with Gasteiger partial charge in [0, 0.05) is 17.4 Å². The van der Waals surface area contributed by atoms with Gasteiger partial charge in [-0.1, -0.05) is 13.0 Å². The molecule has 2 amide bonds. The number of anilines is 1. The number of hydrazine groups is 1. The number of aliphatic carboxylic acids is 1. The van der Waals surface area contributed by atoms with E-state index in [-0.39, 0.29) is 17.6 Å². The van der Waals surface area contributed by atoms with E-state index in [0.717, 1.165) is 12.0 Å². The number of carboxylic acids is 1. The Bertz CT molecular complexity index is 1480. The van der Waals surface area contributed by atoms with Crippen molar-refractivity contribution < 1.29 is 42.1 Å². The zero-order chi connectivity index (χ0) is 33.7. The number of pyridine rings is 1. The number of amidine groups is 1. The second-order valence-corrected chi connectivity index (χ2v) is 9.52. The maximum atomic E-state index is 13.4. The van der Waals surface area contributed by atoms with Crippen LogP contribution in [0.25, 0.3) is 0 Å². The quantitative estimate of drug-likeness (QED) is 0.101. The fraction of sp³-hybridized carbons (Fsp3) is 0.300. The lowest BCUT2D eigenvalue weighted by Crippen LogP contribution is -2.45. The minimum Gasteiger partial charge on any atom is -0.490 e. The van der Waals surface area contributed by atoms with Crippen LogP contribution in [-0.2, 0) is 16.0 Å². The van der Waals surface area contributed by atoms with Crippen molar-refractivity contribution in [2.45, 2.75) is 52.4 Å². The number of carbonyl (C=O) groups excluding carboxylic acids is 2. The van der Waals surface area contributed by atoms with Crippen molar-refractivity contribution in [3.8, 4) is 11.5 Å². The van der Waals surface area contributed by atoms with E-state index >= 15 is 0 Å². The number of carboxylic acid groups (broad SMARTS) is 1. The number of ether oxygens (including phenoxy) is 2. The van der Waals surface area contributed by atoms with Crippen molar-refractivity contribution >= 4 is 29.3 Å². The molecule has 0 aliphatic carbocycles. The number of benzene rings is 2. The Morgan fingerprint density at radius 2 is 1.64 bits per heavy atom. The van der Waals surface area contributed by atoms with Crippen LogP contribution < -0.4 is 31.4 Å². The summed E-state index contributed by atoms with van der Waals surface area (Å²) in [5, 5.41) is 17.9. The smallest absolute Gasteiger partial charge is 0.490 e. The Morgan fingerprint density at radius 1 is 1.00 bits per heavy atom. The van der Waals surface area contributed by atoms with E-state index in [9.17, 15) is 22.8 Å². The number of halogens is 3. The molecule has 242 valence electrons. The fourth-order valence-electron chi connectivity index (χ4n) is 3.61. The van der Waals surface area contributed by atoms with Gasteiger partial charge in [0.25, 0.3) is 11.8 Å². The lowest BCUT2D eigenvalue weighted by molar-refractivity contribution is -0.192. The third-order valence-corrected chi connectivity index (χ3v) is 5.74. The van der Waals surface area contributed by atoms with Crippen LogP contribution in [0.1, 0.15) is 60.9 Å². The number of alkyl halides is 3. The van der Waals surface area contributed by atoms with Gasteiger partial charge in [-0.3, -0.25) is 30.8 Å². The molecule has 0 fully saturated rings. The molecule has 0 saturated heterocycles. The minimum absolute atomic E-state index is 0.0589. The summed E-state index contributed by atoms with van der Waals surface area (Å²) in [6.07, 6.45) is -2.84. The predicted molar refractivity (Wildman–Crippen MR) is 160 cm³/mol. The lowest BCUT2D eigenvalue weighted by atomic mass is 10.0. The average molecular weight is 633 g/mol. The molecule has 0 aliphatic heterocycles. The maximum absolute atomic E-state index is 13.4. The Kier molecular flexibility index (Phi) is 13.1. The average Bonchev–Trinajstić information content (AvgIpc) is 2.99. The van der Waals surface area contributed by atoms with Crippen molar-refractivity contribution in [2.24, 2.45) is 5.73 Å². The van der Waals surface area contributed by atoms with Gasteiger partial charge in [0.1, 0.15) is 17.6 Å². The molecule has 0 bridgehead atoms. The summed E-state index contributed by atoms with van der Waals surface area (Å²) in [5.41, 5.74) is 13.4. The molecule has 0 aliphatic rings. The highest BCUT2D eigenvalue weighted by atomic mass is 19.4. The molecule has 1 atom stereocenters. The highest BCUT2D eigenvalue weighted by molar-refractivity contribution is 5.96. The molecule has 7 N–H and O–H groups in total. The van der Waals surface area contributed by atoms with Crippen molar-refractivity contribution in [2.75, 3.05) is 11.9 Å². The zero-order valence-electron chi connectivity index (χ0n) is 25.0. The number of hydrogen-bond donors (Lipinski definition) is 6. The van der Waals surface area contributed by atoms with Gasteiger partial charge in [-0.25, -0.2) is 4.79 Å². The van der Waals surface area contributed by atoms with Gasteiger partial charge in [-0.15, -0.1) is 0 Å². The molecular formula is C30H35F3N6O6. The third-order valence-electron chi connectivity index (χ3n) is 5.74. The Hall–Kier alpha value is -5.34. The number of rotatable bonds is 11. The number of carbonyl (C=O) groups is 3. The lowest BCUT2D eigenvalue weighted by Gasteiger charge is -2.22. The molecule has 1 unspecified atom stereocenters. The second kappa shape index (κ2) is 16.5. The number of nitrogens with zero attached hydrogens (tertiary/aromatic N) is 1. The summed E-state index contributed by atoms with van der Waals surface area (Å²) >= 11 is 0. The predicted octanol–water partition coefficient (Wildman–Crippen LogP) is 4.36. The highest BCUT2D eigenvalue weighted by Gasteiger charge is 2.38. The monoisotopic (exact) mass is 632 g/mol. The standard InChI is InChI=1S/C28H34N6O4.C2HF3O2/c1-5-18-13-14-31-22(15-18)27(35)33-34-28(36)25(32-21-10-7-19(8-11-21)26(29)30)20-9-12-23(38-17(3)4)24(16-20)37-6-2;3-2(4,5)1(6)7/h7-17,25,32H,5-6H2,1-4H3,(H3,29,30)(H,33,35)(H,34,36);(H,6,7). The number of hydrogen-bond acceptors (Lipinski definition) is 8. The highest BCUT2D eigenvalue weighted by Crippen LogP contribution is 2.33. The largest absolute Gasteiger partial charge is 0.490 e. The van der Waals surface area contributed by atoms with Crippen LogP contribution in [0.3, 0.4) is 0 Å². The van der Waals surface area contributed by atoms with Crippen molar-refractivity contribution in [3.63, 3.8) is 0 Å². The first-order valence-electron chi connectivity index (χ1n) is 13.7. The Labute approximate surface area is 257 Å². The van der Waals surface area contributed by atoms with Gasteiger partial charge >= 0.3 is 12.1 Å². The number of aromatic nitrogens is 1. The second-order valence-electron chi connectivity index (χ2n) is 9.52. The first-order chi connectivity index (χ1) is 21.2. The summed E-state index contributed by atoms with van der Waals surface area (Å²) in [4.78, 5) is 39.0. The normalized spacial score (nSPS) is 11.4. The number of nitrogens with one attached hydrogen (secondary N) is 4. The first-order valence-corrected chi connectivity index (χ1v) is 13.7. The molecule has 0 saturated carbocycles. The van der Waals surface area contributed by atoms with E-state index in [1.54, 1.807) is 54.7 Å². The van der Waals surface area contributed by atoms with Gasteiger partial charge in [0.05, 0.1) is 12.7 Å². The Balaban J connectivity index is 0.000000900. The van der Waals surface area contributed by atoms with Crippen LogP contribution >= 0.6 is 0 Å². The maximum Gasteiger partial charge on any atom is 0.490 e. The number of nitrogen functional groups attached to an aromatic ring is 1. The van der Waals surface area contributed by atoms with Gasteiger partial charge in [-0.2, -0.15) is 13.2 Å². The van der Waals surface area contributed by atoms with Crippen LogP contribution in [0, 0.1) is 5.41 Å². The minimum atomic E-state index is -5.08. The molecule has 2 aromatic carbocycles. The molecule has 15 heteroatoms. The van der Waals surface area contributed by atoms with Crippen molar-refractivity contribution in [1.29, 1.82) is 5.41 Å². The van der Waals surface area contributed by atoms with Gasteiger partial charge in [-0.05, 0) is 86.8 Å². The molecule has 12 nitrogen and oxygen atoms in total. The van der Waals surface area contributed by atoms with E-state index < -0.39 is 30.0 Å². The summed E-state index contributed by atoms with van der Waals surface area (Å²) < 4.78 is 43.4. The summed E-state index contributed by atoms with van der Waals surface area (Å²) in [6.45, 7) is 8.09. The molecular weight excluding hydrogens is 597 g/mol. The van der Waals surface area contributed by atoms with Gasteiger partial charge in [0.2, 0.25) is 0 Å². The molecule has 1 heterocycles. The molecule has 0 spiro atoms. The van der Waals surface area contributed by atoms with E-state index in [4.69, 9.17) is 30.5 Å². The van der Waals surface area contributed by atoms with Crippen LogP contribution in [0.5, 0.6) is 11.5 Å². The number of aryl methyl sites for hydroxylation is 1. The topological polar surface area (TPSA) is 189 Å². The van der Waals surface area contributed by atoms with Crippen LogP contribution in [0.2, 0.25) is 0 Å². The van der Waals surface area contributed by atoms with Crippen molar-refractivity contribution in [1.82, 2.24) is 15.8 Å². The van der Waals surface area contributed by atoms with Crippen LogP contribution in [0.4, 0.5) is 18.9 Å². The molecule has 45 heavy (non-hydrogen) atoms. The van der Waals surface area contributed by atoms with Crippen molar-refractivity contribution in [3.05, 3.63) is 83.2 Å². The summed E-state index contributed by atoms with van der Waals surface area (Å²) in [5.74, 6) is -2.81. The zero-order valence-corrected chi connectivity index (χ0v) is 25.0. The molecule has 3 aromatic rings. The van der Waals surface area contributed by atoms with E-state index in [1.807, 2.05) is 33.8 Å². The first kappa shape index (κ1) is 35.9. The number of nitrogens with two attached hydrogens (primary N) is 1. The molecule has 1 aromatic heterocycles. The molecule has 3 rings (SSSR count). The van der Waals surface area contributed by atoms with Crippen LogP contribution in [-0.4, -0.2) is 52.6 Å². The SMILES string of the molecule is CCOc1cc(C(Nc2ccc(C(=N)N)cc2)C(=O)NNC(=O)c2cc(CC)ccn2)ccc1OC(C)C.O=C(O)C(F)(F)F. The van der Waals surface area contributed by atoms with Gasteiger partial charge < -0.3 is 25.6 Å². The summed E-state index contributed by atoms with van der Waals surface area (Å²) in [6, 6.07) is 14.6. The fourth-order valence-corrected chi connectivity index (χ4v) is 3.61. The summed E-state index contributed by atoms with van der Waals surface area (Å²) in [7, 11) is 0. The molecule has 0 radical (unpaired) electrons. The van der Waals surface area contributed by atoms with Gasteiger partial charge in [0.15, 0.2) is 11.5 Å². The Morgan fingerprint density at radius 3 is 2.18 bits per heavy atom.